The van der Waals surface area contributed by atoms with Crippen LogP contribution in [0.4, 0.5) is 15.0 Å². The average molecular weight is 321 g/mol. The number of hydrogen-bond donors (Lipinski definition) is 1. The van der Waals surface area contributed by atoms with Crippen molar-refractivity contribution in [3.8, 4) is 0 Å². The maximum atomic E-state index is 12.8. The zero-order chi connectivity index (χ0) is 16.2. The highest BCUT2D eigenvalue weighted by atomic mass is 19.1. The number of hydrogen-bond acceptors (Lipinski definition) is 4. The lowest BCUT2D eigenvalue weighted by atomic mass is 10.2. The van der Waals surface area contributed by atoms with Gasteiger partial charge in [0.15, 0.2) is 0 Å². The lowest BCUT2D eigenvalue weighted by Crippen LogP contribution is -2.51. The Morgan fingerprint density at radius 1 is 1.30 bits per heavy atom. The highest BCUT2D eigenvalue weighted by molar-refractivity contribution is 5.88. The van der Waals surface area contributed by atoms with Crippen molar-refractivity contribution in [2.24, 2.45) is 0 Å². The summed E-state index contributed by atoms with van der Waals surface area (Å²) in [4.78, 5) is 22.9. The molecule has 23 heavy (non-hydrogen) atoms. The highest BCUT2D eigenvalue weighted by Gasteiger charge is 2.31. The van der Waals surface area contributed by atoms with Crippen molar-refractivity contribution in [1.29, 1.82) is 0 Å². The minimum absolute atomic E-state index is 0.154. The summed E-state index contributed by atoms with van der Waals surface area (Å²) in [5.41, 5.74) is 0. The molecule has 2 aliphatic rings. The second kappa shape index (κ2) is 7.23. The smallest absolute Gasteiger partial charge is 0.323 e. The fourth-order valence-electron chi connectivity index (χ4n) is 3.31. The zero-order valence-corrected chi connectivity index (χ0v) is 13.5. The van der Waals surface area contributed by atoms with E-state index in [-0.39, 0.29) is 6.03 Å². The van der Waals surface area contributed by atoms with Gasteiger partial charge >= 0.3 is 6.03 Å². The summed E-state index contributed by atoms with van der Waals surface area (Å²) < 4.78 is 12.8. The quantitative estimate of drug-likeness (QED) is 0.916. The molecule has 0 bridgehead atoms. The molecule has 2 amide bonds. The van der Waals surface area contributed by atoms with Crippen LogP contribution in [0.15, 0.2) is 18.3 Å². The number of aromatic nitrogens is 1. The van der Waals surface area contributed by atoms with Crippen molar-refractivity contribution in [2.75, 3.05) is 51.1 Å². The van der Waals surface area contributed by atoms with Gasteiger partial charge in [-0.3, -0.25) is 10.2 Å². The van der Waals surface area contributed by atoms with Crippen molar-refractivity contribution in [1.82, 2.24) is 19.7 Å². The number of likely N-dealkylation sites (tertiary alicyclic amines) is 1. The largest absolute Gasteiger partial charge is 0.323 e. The van der Waals surface area contributed by atoms with Crippen LogP contribution in [-0.4, -0.2) is 77.6 Å². The fraction of sp³-hybridized carbons (Fsp3) is 0.625. The third-order valence-corrected chi connectivity index (χ3v) is 4.78. The van der Waals surface area contributed by atoms with E-state index in [4.69, 9.17) is 0 Å². The Kier molecular flexibility index (Phi) is 5.07. The van der Waals surface area contributed by atoms with Crippen LogP contribution in [0.2, 0.25) is 0 Å². The van der Waals surface area contributed by atoms with E-state index in [1.165, 1.54) is 12.1 Å². The molecular formula is C16H24FN5O. The second-order valence-electron chi connectivity index (χ2n) is 6.15. The minimum atomic E-state index is -0.407. The molecule has 0 saturated carbocycles. The van der Waals surface area contributed by atoms with E-state index in [0.717, 1.165) is 58.4 Å². The molecule has 1 aromatic rings. The molecule has 0 aliphatic carbocycles. The Hall–Kier alpha value is -1.73. The van der Waals surface area contributed by atoms with Crippen molar-refractivity contribution in [3.05, 3.63) is 24.1 Å². The summed E-state index contributed by atoms with van der Waals surface area (Å²) in [6.45, 7) is 9.18. The minimum Gasteiger partial charge on any atom is -0.323 e. The van der Waals surface area contributed by atoms with Crippen LogP contribution in [0, 0.1) is 5.82 Å². The number of urea groups is 1. The number of amides is 2. The van der Waals surface area contributed by atoms with Gasteiger partial charge < -0.3 is 9.80 Å². The van der Waals surface area contributed by atoms with Crippen LogP contribution >= 0.6 is 0 Å². The normalized spacial score (nSPS) is 23.2. The zero-order valence-electron chi connectivity index (χ0n) is 13.5. The van der Waals surface area contributed by atoms with Crippen LogP contribution in [0.1, 0.15) is 13.3 Å². The first kappa shape index (κ1) is 16.1. The standard InChI is InChI=1S/C16H24FN5O/c1-2-20-7-9-21(10-8-20)14-5-6-22(12-14)16(23)19-15-4-3-13(17)11-18-15/h3-4,11,14H,2,5-10,12H2,1H3,(H,18,19,23). The van der Waals surface area contributed by atoms with Crippen molar-refractivity contribution in [2.45, 2.75) is 19.4 Å². The lowest BCUT2D eigenvalue weighted by molar-refractivity contribution is 0.103. The van der Waals surface area contributed by atoms with E-state index in [0.29, 0.717) is 11.9 Å². The van der Waals surface area contributed by atoms with E-state index in [9.17, 15) is 9.18 Å². The first-order valence-corrected chi connectivity index (χ1v) is 8.29. The number of piperazine rings is 1. The topological polar surface area (TPSA) is 51.7 Å². The molecule has 7 heteroatoms. The lowest BCUT2D eigenvalue weighted by Gasteiger charge is -2.37. The van der Waals surface area contributed by atoms with Crippen LogP contribution in [0.5, 0.6) is 0 Å². The molecule has 2 aliphatic heterocycles. The Balaban J connectivity index is 1.49. The molecule has 2 fully saturated rings. The predicted octanol–water partition coefficient (Wildman–Crippen LogP) is 1.46. The van der Waals surface area contributed by atoms with Crippen molar-refractivity contribution >= 4 is 11.8 Å². The Morgan fingerprint density at radius 2 is 2.09 bits per heavy atom. The summed E-state index contributed by atoms with van der Waals surface area (Å²) >= 11 is 0. The molecule has 1 atom stereocenters. The van der Waals surface area contributed by atoms with Gasteiger partial charge in [-0.1, -0.05) is 6.92 Å². The third-order valence-electron chi connectivity index (χ3n) is 4.78. The van der Waals surface area contributed by atoms with Crippen LogP contribution < -0.4 is 5.32 Å². The summed E-state index contributed by atoms with van der Waals surface area (Å²) in [6.07, 6.45) is 2.12. The Labute approximate surface area is 136 Å². The average Bonchev–Trinajstić information content (AvgIpc) is 3.07. The fourth-order valence-corrected chi connectivity index (χ4v) is 3.31. The number of halogens is 1. The number of anilines is 1. The molecule has 126 valence electrons. The monoisotopic (exact) mass is 321 g/mol. The second-order valence-corrected chi connectivity index (χ2v) is 6.15. The molecule has 1 aromatic heterocycles. The van der Waals surface area contributed by atoms with Crippen molar-refractivity contribution < 1.29 is 9.18 Å². The van der Waals surface area contributed by atoms with E-state index in [1.54, 1.807) is 0 Å². The van der Waals surface area contributed by atoms with Crippen LogP contribution in [0.3, 0.4) is 0 Å². The molecule has 0 aromatic carbocycles. The van der Waals surface area contributed by atoms with Crippen molar-refractivity contribution in [3.63, 3.8) is 0 Å². The van der Waals surface area contributed by atoms with Gasteiger partial charge in [0.05, 0.1) is 6.20 Å². The van der Waals surface area contributed by atoms with Gasteiger partial charge in [0.25, 0.3) is 0 Å². The van der Waals surface area contributed by atoms with Crippen LogP contribution in [0.25, 0.3) is 0 Å². The summed E-state index contributed by atoms with van der Waals surface area (Å²) in [5.74, 6) is -0.0214. The molecule has 1 unspecified atom stereocenters. The molecule has 6 nitrogen and oxygen atoms in total. The molecule has 3 heterocycles. The van der Waals surface area contributed by atoms with Gasteiger partial charge in [-0.05, 0) is 25.1 Å². The number of nitrogens with one attached hydrogen (secondary N) is 1. The van der Waals surface area contributed by atoms with Gasteiger partial charge in [-0.25, -0.2) is 14.2 Å². The first-order valence-electron chi connectivity index (χ1n) is 8.29. The van der Waals surface area contributed by atoms with Gasteiger partial charge in [0, 0.05) is 45.3 Å². The maximum absolute atomic E-state index is 12.8. The molecule has 0 radical (unpaired) electrons. The van der Waals surface area contributed by atoms with Crippen LogP contribution in [-0.2, 0) is 0 Å². The number of carbonyl (C=O) groups is 1. The SMILES string of the molecule is CCN1CCN(C2CCN(C(=O)Nc3ccc(F)cn3)C2)CC1. The van der Waals surface area contributed by atoms with E-state index in [1.807, 2.05) is 4.90 Å². The number of nitrogens with zero attached hydrogens (tertiary/aromatic N) is 4. The first-order chi connectivity index (χ1) is 11.2. The predicted molar refractivity (Wildman–Crippen MR) is 86.9 cm³/mol. The number of pyridine rings is 1. The van der Waals surface area contributed by atoms with Gasteiger partial charge in [0.2, 0.25) is 0 Å². The summed E-state index contributed by atoms with van der Waals surface area (Å²) in [5, 5.41) is 2.73. The summed E-state index contributed by atoms with van der Waals surface area (Å²) in [6, 6.07) is 3.06. The van der Waals surface area contributed by atoms with Gasteiger partial charge in [0.1, 0.15) is 11.6 Å². The number of carbonyl (C=O) groups excluding carboxylic acids is 1. The van der Waals surface area contributed by atoms with Gasteiger partial charge in [-0.2, -0.15) is 0 Å². The molecule has 0 spiro atoms. The Bertz CT molecular complexity index is 530. The molecule has 2 saturated heterocycles. The number of rotatable bonds is 3. The van der Waals surface area contributed by atoms with E-state index >= 15 is 0 Å². The highest BCUT2D eigenvalue weighted by Crippen LogP contribution is 2.18. The maximum Gasteiger partial charge on any atom is 0.323 e. The molecule has 3 rings (SSSR count). The molecular weight excluding hydrogens is 297 g/mol. The van der Waals surface area contributed by atoms with E-state index < -0.39 is 5.82 Å². The summed E-state index contributed by atoms with van der Waals surface area (Å²) in [7, 11) is 0. The third kappa shape index (κ3) is 3.97. The number of likely N-dealkylation sites (N-methyl/N-ethyl adjacent to an activating group) is 1. The molecule has 1 N–H and O–H groups in total. The van der Waals surface area contributed by atoms with Gasteiger partial charge in [-0.15, -0.1) is 0 Å². The van der Waals surface area contributed by atoms with E-state index in [2.05, 4.69) is 27.0 Å². The Morgan fingerprint density at radius 3 is 2.74 bits per heavy atom.